The summed E-state index contributed by atoms with van der Waals surface area (Å²) in [6.07, 6.45) is 7.57. The summed E-state index contributed by atoms with van der Waals surface area (Å²) in [6.45, 7) is 1.32. The molecule has 1 saturated heterocycles. The Morgan fingerprint density at radius 2 is 1.93 bits per heavy atom. The molecule has 15 heavy (non-hydrogen) atoms. The number of β-amino-alcohol motifs (C(OH)–C–C–N with tert-alkyl or cyclic N) is 1. The van der Waals surface area contributed by atoms with E-state index in [9.17, 15) is 9.90 Å². The third-order valence-electron chi connectivity index (χ3n) is 3.70. The zero-order valence-electron chi connectivity index (χ0n) is 9.32. The van der Waals surface area contributed by atoms with E-state index in [1.807, 2.05) is 4.90 Å². The highest BCUT2D eigenvalue weighted by Crippen LogP contribution is 2.27. The van der Waals surface area contributed by atoms with Crippen molar-refractivity contribution < 1.29 is 9.90 Å². The lowest BCUT2D eigenvalue weighted by Crippen LogP contribution is -2.31. The molecule has 1 atom stereocenters. The van der Waals surface area contributed by atoms with Crippen LogP contribution in [0.25, 0.3) is 0 Å². The van der Waals surface area contributed by atoms with Crippen molar-refractivity contribution in [2.45, 2.75) is 51.0 Å². The smallest absolute Gasteiger partial charge is 0.222 e. The van der Waals surface area contributed by atoms with Gasteiger partial charge in [0.05, 0.1) is 6.10 Å². The maximum Gasteiger partial charge on any atom is 0.222 e. The second-order valence-corrected chi connectivity index (χ2v) is 4.99. The van der Waals surface area contributed by atoms with Gasteiger partial charge in [0, 0.05) is 19.5 Å². The molecule has 0 unspecified atom stereocenters. The Morgan fingerprint density at radius 3 is 2.53 bits per heavy atom. The zero-order valence-corrected chi connectivity index (χ0v) is 9.32. The minimum atomic E-state index is -0.277. The fourth-order valence-electron chi connectivity index (χ4n) is 2.74. The van der Waals surface area contributed by atoms with E-state index < -0.39 is 0 Å². The molecule has 0 spiro atoms. The molecule has 1 saturated carbocycles. The van der Waals surface area contributed by atoms with Gasteiger partial charge < -0.3 is 10.0 Å². The molecule has 3 heteroatoms. The van der Waals surface area contributed by atoms with E-state index in [0.717, 1.165) is 13.0 Å². The fraction of sp³-hybridized carbons (Fsp3) is 0.917. The Balaban J connectivity index is 1.76. The molecule has 1 N–H and O–H groups in total. The van der Waals surface area contributed by atoms with Crippen molar-refractivity contribution in [3.8, 4) is 0 Å². The minimum absolute atomic E-state index is 0.262. The number of rotatable bonds is 2. The topological polar surface area (TPSA) is 40.5 Å². The van der Waals surface area contributed by atoms with E-state index in [1.54, 1.807) is 0 Å². The van der Waals surface area contributed by atoms with Crippen molar-refractivity contribution in [1.29, 1.82) is 0 Å². The van der Waals surface area contributed by atoms with Crippen LogP contribution >= 0.6 is 0 Å². The molecule has 2 fully saturated rings. The van der Waals surface area contributed by atoms with Crippen LogP contribution in [0.15, 0.2) is 0 Å². The Bertz CT molecular complexity index is 224. The number of aliphatic hydroxyl groups is 1. The molecule has 0 radical (unpaired) electrons. The molecule has 1 aliphatic carbocycles. The molecule has 0 aromatic heterocycles. The first-order chi connectivity index (χ1) is 7.25. The Hall–Kier alpha value is -0.570. The van der Waals surface area contributed by atoms with Crippen molar-refractivity contribution in [3.63, 3.8) is 0 Å². The molecule has 0 aromatic rings. The maximum absolute atomic E-state index is 11.9. The second-order valence-electron chi connectivity index (χ2n) is 4.99. The number of carbonyl (C=O) groups excluding carboxylic acids is 1. The van der Waals surface area contributed by atoms with Gasteiger partial charge in [0.15, 0.2) is 0 Å². The van der Waals surface area contributed by atoms with E-state index in [1.165, 1.54) is 32.1 Å². The lowest BCUT2D eigenvalue weighted by Gasteiger charge is -2.23. The monoisotopic (exact) mass is 211 g/mol. The van der Waals surface area contributed by atoms with Crippen molar-refractivity contribution in [1.82, 2.24) is 4.90 Å². The third-order valence-corrected chi connectivity index (χ3v) is 3.70. The van der Waals surface area contributed by atoms with Crippen LogP contribution in [0.3, 0.4) is 0 Å². The number of hydrogen-bond donors (Lipinski definition) is 1. The number of aliphatic hydroxyl groups excluding tert-OH is 1. The highest BCUT2D eigenvalue weighted by molar-refractivity contribution is 5.76. The van der Waals surface area contributed by atoms with E-state index in [4.69, 9.17) is 0 Å². The summed E-state index contributed by atoms with van der Waals surface area (Å²) in [6, 6.07) is 0. The molecule has 0 aromatic carbocycles. The largest absolute Gasteiger partial charge is 0.391 e. The summed E-state index contributed by atoms with van der Waals surface area (Å²) in [7, 11) is 0. The van der Waals surface area contributed by atoms with Crippen LogP contribution in [0, 0.1) is 5.92 Å². The number of likely N-dealkylation sites (tertiary alicyclic amines) is 1. The van der Waals surface area contributed by atoms with Gasteiger partial charge in [-0.25, -0.2) is 0 Å². The van der Waals surface area contributed by atoms with E-state index >= 15 is 0 Å². The van der Waals surface area contributed by atoms with Gasteiger partial charge in [-0.1, -0.05) is 19.3 Å². The van der Waals surface area contributed by atoms with E-state index in [0.29, 0.717) is 18.9 Å². The van der Waals surface area contributed by atoms with Gasteiger partial charge in [0.25, 0.3) is 0 Å². The van der Waals surface area contributed by atoms with Crippen LogP contribution < -0.4 is 0 Å². The number of nitrogens with zero attached hydrogens (tertiary/aromatic N) is 1. The Labute approximate surface area is 91.5 Å². The molecular weight excluding hydrogens is 190 g/mol. The molecule has 3 nitrogen and oxygen atoms in total. The number of carbonyl (C=O) groups is 1. The fourth-order valence-corrected chi connectivity index (χ4v) is 2.74. The molecule has 1 aliphatic heterocycles. The highest BCUT2D eigenvalue weighted by Gasteiger charge is 2.26. The van der Waals surface area contributed by atoms with Gasteiger partial charge in [0.2, 0.25) is 5.91 Å². The number of hydrogen-bond acceptors (Lipinski definition) is 2. The standard InChI is InChI=1S/C12H21NO2/c14-11-6-7-13(9-11)12(15)8-10-4-2-1-3-5-10/h10-11,14H,1-9H2/t11-/m0/s1. The highest BCUT2D eigenvalue weighted by atomic mass is 16.3. The quantitative estimate of drug-likeness (QED) is 0.753. The van der Waals surface area contributed by atoms with Crippen molar-refractivity contribution in [2.24, 2.45) is 5.92 Å². The summed E-state index contributed by atoms with van der Waals surface area (Å²) in [4.78, 5) is 13.7. The maximum atomic E-state index is 11.9. The first kappa shape index (κ1) is 10.9. The third kappa shape index (κ3) is 2.94. The average molecular weight is 211 g/mol. The van der Waals surface area contributed by atoms with Crippen LogP contribution in [0.5, 0.6) is 0 Å². The zero-order chi connectivity index (χ0) is 10.7. The van der Waals surface area contributed by atoms with Gasteiger partial charge in [0.1, 0.15) is 0 Å². The minimum Gasteiger partial charge on any atom is -0.391 e. The van der Waals surface area contributed by atoms with Crippen LogP contribution in [0.1, 0.15) is 44.9 Å². The average Bonchev–Trinajstić information content (AvgIpc) is 2.66. The molecule has 2 aliphatic rings. The van der Waals surface area contributed by atoms with Crippen LogP contribution in [0.4, 0.5) is 0 Å². The SMILES string of the molecule is O=C(CC1CCCCC1)N1CC[C@H](O)C1. The summed E-state index contributed by atoms with van der Waals surface area (Å²) in [5.74, 6) is 0.877. The summed E-state index contributed by atoms with van der Waals surface area (Å²) >= 11 is 0. The van der Waals surface area contributed by atoms with Gasteiger partial charge >= 0.3 is 0 Å². The van der Waals surface area contributed by atoms with Crippen LogP contribution in [-0.2, 0) is 4.79 Å². The Kier molecular flexibility index (Phi) is 3.62. The first-order valence-electron chi connectivity index (χ1n) is 6.21. The molecular formula is C12H21NO2. The lowest BCUT2D eigenvalue weighted by atomic mass is 9.87. The first-order valence-corrected chi connectivity index (χ1v) is 6.21. The van der Waals surface area contributed by atoms with Crippen LogP contribution in [0.2, 0.25) is 0 Å². The van der Waals surface area contributed by atoms with Crippen LogP contribution in [-0.4, -0.2) is 35.1 Å². The molecule has 1 heterocycles. The normalized spacial score (nSPS) is 28.3. The summed E-state index contributed by atoms with van der Waals surface area (Å²) < 4.78 is 0. The predicted octanol–water partition coefficient (Wildman–Crippen LogP) is 1.55. The van der Waals surface area contributed by atoms with Crippen molar-refractivity contribution in [3.05, 3.63) is 0 Å². The second kappa shape index (κ2) is 4.97. The molecule has 1 amide bonds. The molecule has 2 rings (SSSR count). The van der Waals surface area contributed by atoms with Gasteiger partial charge in [-0.15, -0.1) is 0 Å². The van der Waals surface area contributed by atoms with E-state index in [2.05, 4.69) is 0 Å². The van der Waals surface area contributed by atoms with E-state index in [-0.39, 0.29) is 12.0 Å². The Morgan fingerprint density at radius 1 is 1.20 bits per heavy atom. The van der Waals surface area contributed by atoms with Gasteiger partial charge in [-0.3, -0.25) is 4.79 Å². The van der Waals surface area contributed by atoms with Gasteiger partial charge in [-0.2, -0.15) is 0 Å². The lowest BCUT2D eigenvalue weighted by molar-refractivity contribution is -0.131. The number of amides is 1. The summed E-state index contributed by atoms with van der Waals surface area (Å²) in [5.41, 5.74) is 0. The van der Waals surface area contributed by atoms with Crippen molar-refractivity contribution in [2.75, 3.05) is 13.1 Å². The predicted molar refractivity (Wildman–Crippen MR) is 58.4 cm³/mol. The molecule has 0 bridgehead atoms. The van der Waals surface area contributed by atoms with Gasteiger partial charge in [-0.05, 0) is 25.2 Å². The van der Waals surface area contributed by atoms with Crippen molar-refractivity contribution >= 4 is 5.91 Å². The summed E-state index contributed by atoms with van der Waals surface area (Å²) in [5, 5.41) is 9.36. The molecule has 86 valence electrons.